The molecule has 3 rings (SSSR count). The Morgan fingerprint density at radius 3 is 2.44 bits per heavy atom. The van der Waals surface area contributed by atoms with Gasteiger partial charge in [-0.2, -0.15) is 0 Å². The standard InChI is InChI=1S/C18H26N4O3/c1-12(20-16(23)18(19)8-10-25-11-9-18)13-2-4-14(5-3-13)21-17(24)22-15-6-7-15/h2-5,12,15H,6-11,19H2,1H3,(H,20,23)(H2,21,22,24). The molecular formula is C18H26N4O3. The van der Waals surface area contributed by atoms with Crippen molar-refractivity contribution < 1.29 is 14.3 Å². The first-order valence-corrected chi connectivity index (χ1v) is 8.81. The van der Waals surface area contributed by atoms with Crippen LogP contribution in [0.25, 0.3) is 0 Å². The molecule has 2 fully saturated rings. The smallest absolute Gasteiger partial charge is 0.319 e. The van der Waals surface area contributed by atoms with E-state index in [1.807, 2.05) is 31.2 Å². The van der Waals surface area contributed by atoms with Crippen LogP contribution < -0.4 is 21.7 Å². The minimum Gasteiger partial charge on any atom is -0.381 e. The van der Waals surface area contributed by atoms with Crippen molar-refractivity contribution in [3.05, 3.63) is 29.8 Å². The van der Waals surface area contributed by atoms with E-state index in [-0.39, 0.29) is 18.0 Å². The maximum atomic E-state index is 12.5. The van der Waals surface area contributed by atoms with Gasteiger partial charge in [0.05, 0.1) is 11.6 Å². The van der Waals surface area contributed by atoms with Gasteiger partial charge in [-0.1, -0.05) is 12.1 Å². The second kappa shape index (κ2) is 7.41. The molecule has 0 spiro atoms. The van der Waals surface area contributed by atoms with E-state index >= 15 is 0 Å². The summed E-state index contributed by atoms with van der Waals surface area (Å²) in [6.07, 6.45) is 3.17. The number of nitrogens with two attached hydrogens (primary N) is 1. The van der Waals surface area contributed by atoms with Gasteiger partial charge in [0, 0.05) is 24.9 Å². The lowest BCUT2D eigenvalue weighted by Crippen LogP contribution is -2.57. The van der Waals surface area contributed by atoms with Crippen molar-refractivity contribution in [2.24, 2.45) is 5.73 Å². The van der Waals surface area contributed by atoms with Crippen molar-refractivity contribution in [3.8, 4) is 0 Å². The summed E-state index contributed by atoms with van der Waals surface area (Å²) in [5, 5.41) is 8.66. The summed E-state index contributed by atoms with van der Waals surface area (Å²) in [6, 6.07) is 7.43. The van der Waals surface area contributed by atoms with Crippen LogP contribution in [-0.2, 0) is 9.53 Å². The zero-order chi connectivity index (χ0) is 17.9. The van der Waals surface area contributed by atoms with E-state index in [9.17, 15) is 9.59 Å². The molecule has 5 N–H and O–H groups in total. The van der Waals surface area contributed by atoms with E-state index in [0.29, 0.717) is 32.1 Å². The largest absolute Gasteiger partial charge is 0.381 e. The zero-order valence-electron chi connectivity index (χ0n) is 14.5. The van der Waals surface area contributed by atoms with Gasteiger partial charge < -0.3 is 26.4 Å². The molecule has 1 aliphatic heterocycles. The van der Waals surface area contributed by atoms with E-state index in [0.717, 1.165) is 24.1 Å². The van der Waals surface area contributed by atoms with E-state index < -0.39 is 5.54 Å². The Hall–Kier alpha value is -2.12. The summed E-state index contributed by atoms with van der Waals surface area (Å²) in [5.41, 5.74) is 7.03. The van der Waals surface area contributed by atoms with Crippen molar-refractivity contribution >= 4 is 17.6 Å². The van der Waals surface area contributed by atoms with Crippen LogP contribution in [0.5, 0.6) is 0 Å². The highest BCUT2D eigenvalue weighted by atomic mass is 16.5. The Labute approximate surface area is 147 Å². The highest BCUT2D eigenvalue weighted by Gasteiger charge is 2.36. The molecule has 2 aliphatic rings. The Balaban J connectivity index is 1.53. The molecule has 1 aliphatic carbocycles. The van der Waals surface area contributed by atoms with E-state index in [2.05, 4.69) is 16.0 Å². The number of rotatable bonds is 5. The minimum absolute atomic E-state index is 0.144. The average molecular weight is 346 g/mol. The molecular weight excluding hydrogens is 320 g/mol. The molecule has 136 valence electrons. The summed E-state index contributed by atoms with van der Waals surface area (Å²) in [6.45, 7) is 2.95. The number of amides is 3. The quantitative estimate of drug-likeness (QED) is 0.650. The molecule has 1 saturated carbocycles. The van der Waals surface area contributed by atoms with Crippen LogP contribution in [-0.4, -0.2) is 36.7 Å². The molecule has 7 nitrogen and oxygen atoms in total. The SMILES string of the molecule is CC(NC(=O)C1(N)CCOCC1)c1ccc(NC(=O)NC2CC2)cc1. The molecule has 1 saturated heterocycles. The minimum atomic E-state index is -0.852. The molecule has 1 atom stereocenters. The molecule has 1 unspecified atom stereocenters. The van der Waals surface area contributed by atoms with Gasteiger partial charge in [-0.05, 0) is 50.3 Å². The highest BCUT2D eigenvalue weighted by Crippen LogP contribution is 2.22. The zero-order valence-corrected chi connectivity index (χ0v) is 14.5. The Bertz CT molecular complexity index is 622. The Morgan fingerprint density at radius 2 is 1.84 bits per heavy atom. The number of hydrogen-bond donors (Lipinski definition) is 4. The second-order valence-electron chi connectivity index (χ2n) is 6.96. The van der Waals surface area contributed by atoms with Crippen molar-refractivity contribution in [2.75, 3.05) is 18.5 Å². The number of benzene rings is 1. The number of ether oxygens (including phenoxy) is 1. The maximum Gasteiger partial charge on any atom is 0.319 e. The van der Waals surface area contributed by atoms with E-state index in [4.69, 9.17) is 10.5 Å². The van der Waals surface area contributed by atoms with Crippen molar-refractivity contribution in [3.63, 3.8) is 0 Å². The lowest BCUT2D eigenvalue weighted by Gasteiger charge is -2.33. The lowest BCUT2D eigenvalue weighted by atomic mass is 9.90. The maximum absolute atomic E-state index is 12.5. The molecule has 7 heteroatoms. The molecule has 1 aromatic rings. The number of nitrogens with one attached hydrogen (secondary N) is 3. The second-order valence-corrected chi connectivity index (χ2v) is 6.96. The predicted molar refractivity (Wildman–Crippen MR) is 95.1 cm³/mol. The van der Waals surface area contributed by atoms with Crippen LogP contribution in [0.1, 0.15) is 44.2 Å². The number of carbonyl (C=O) groups excluding carboxylic acids is 2. The Kier molecular flexibility index (Phi) is 5.24. The van der Waals surface area contributed by atoms with Gasteiger partial charge in [0.15, 0.2) is 0 Å². The fraction of sp³-hybridized carbons (Fsp3) is 0.556. The molecule has 25 heavy (non-hydrogen) atoms. The first-order valence-electron chi connectivity index (χ1n) is 8.81. The van der Waals surface area contributed by atoms with Crippen LogP contribution in [0.3, 0.4) is 0 Å². The Morgan fingerprint density at radius 1 is 1.20 bits per heavy atom. The van der Waals surface area contributed by atoms with E-state index in [1.54, 1.807) is 0 Å². The van der Waals surface area contributed by atoms with Crippen LogP contribution in [0, 0.1) is 0 Å². The van der Waals surface area contributed by atoms with Gasteiger partial charge in [-0.3, -0.25) is 4.79 Å². The number of urea groups is 1. The summed E-state index contributed by atoms with van der Waals surface area (Å²) in [5.74, 6) is -0.144. The van der Waals surface area contributed by atoms with Crippen LogP contribution in [0.4, 0.5) is 10.5 Å². The van der Waals surface area contributed by atoms with Crippen LogP contribution >= 0.6 is 0 Å². The summed E-state index contributed by atoms with van der Waals surface area (Å²) in [7, 11) is 0. The highest BCUT2D eigenvalue weighted by molar-refractivity contribution is 5.89. The van der Waals surface area contributed by atoms with Gasteiger partial charge >= 0.3 is 6.03 Å². The molecule has 1 aromatic carbocycles. The van der Waals surface area contributed by atoms with Gasteiger partial charge in [0.1, 0.15) is 0 Å². The normalized spacial score (nSPS) is 20.4. The van der Waals surface area contributed by atoms with Gasteiger partial charge in [-0.15, -0.1) is 0 Å². The summed E-state index contributed by atoms with van der Waals surface area (Å²) < 4.78 is 5.28. The first kappa shape index (κ1) is 17.7. The summed E-state index contributed by atoms with van der Waals surface area (Å²) in [4.78, 5) is 24.2. The third-order valence-corrected chi connectivity index (χ3v) is 4.77. The third kappa shape index (κ3) is 4.70. The van der Waals surface area contributed by atoms with Crippen molar-refractivity contribution in [2.45, 2.75) is 50.2 Å². The van der Waals surface area contributed by atoms with Crippen LogP contribution in [0.15, 0.2) is 24.3 Å². The average Bonchev–Trinajstić information content (AvgIpc) is 3.40. The molecule has 0 radical (unpaired) electrons. The van der Waals surface area contributed by atoms with E-state index in [1.165, 1.54) is 0 Å². The third-order valence-electron chi connectivity index (χ3n) is 4.77. The number of anilines is 1. The fourth-order valence-electron chi connectivity index (χ4n) is 2.82. The fourth-order valence-corrected chi connectivity index (χ4v) is 2.82. The molecule has 0 bridgehead atoms. The monoisotopic (exact) mass is 346 g/mol. The molecule has 1 heterocycles. The topological polar surface area (TPSA) is 105 Å². The number of carbonyl (C=O) groups is 2. The van der Waals surface area contributed by atoms with Gasteiger partial charge in [0.2, 0.25) is 5.91 Å². The van der Waals surface area contributed by atoms with Crippen molar-refractivity contribution in [1.82, 2.24) is 10.6 Å². The van der Waals surface area contributed by atoms with Gasteiger partial charge in [0.25, 0.3) is 0 Å². The van der Waals surface area contributed by atoms with Crippen LogP contribution in [0.2, 0.25) is 0 Å². The van der Waals surface area contributed by atoms with Crippen molar-refractivity contribution in [1.29, 1.82) is 0 Å². The number of hydrogen-bond acceptors (Lipinski definition) is 4. The van der Waals surface area contributed by atoms with Gasteiger partial charge in [-0.25, -0.2) is 4.79 Å². The predicted octanol–water partition coefficient (Wildman–Crippen LogP) is 1.66. The molecule has 3 amide bonds. The molecule has 0 aromatic heterocycles. The lowest BCUT2D eigenvalue weighted by molar-refractivity contribution is -0.130. The summed E-state index contributed by atoms with van der Waals surface area (Å²) >= 11 is 0. The first-order chi connectivity index (χ1) is 12.0.